The van der Waals surface area contributed by atoms with Crippen LogP contribution in [0.15, 0.2) is 0 Å². The maximum absolute atomic E-state index is 12.4. The molecule has 2 heterocycles. The summed E-state index contributed by atoms with van der Waals surface area (Å²) in [5.41, 5.74) is -0.331. The third-order valence-corrected chi connectivity index (χ3v) is 5.58. The Morgan fingerprint density at radius 1 is 1.27 bits per heavy atom. The number of nitrogens with one attached hydrogen (secondary N) is 1. The van der Waals surface area contributed by atoms with Gasteiger partial charge < -0.3 is 15.0 Å². The van der Waals surface area contributed by atoms with Crippen molar-refractivity contribution in [1.29, 1.82) is 0 Å². The molecule has 0 aromatic rings. The molecule has 0 radical (unpaired) electrons. The molecule has 0 atom stereocenters. The Kier molecular flexibility index (Phi) is 5.01. The Hall–Kier alpha value is -1.10. The van der Waals surface area contributed by atoms with Crippen LogP contribution in [0.25, 0.3) is 0 Å². The van der Waals surface area contributed by atoms with Crippen molar-refractivity contribution in [2.45, 2.75) is 63.4 Å². The molecule has 1 N–H and O–H groups in total. The summed E-state index contributed by atoms with van der Waals surface area (Å²) >= 11 is 0. The summed E-state index contributed by atoms with van der Waals surface area (Å²) in [7, 11) is 0. The summed E-state index contributed by atoms with van der Waals surface area (Å²) in [4.78, 5) is 26.1. The van der Waals surface area contributed by atoms with Crippen LogP contribution in [0.2, 0.25) is 0 Å². The summed E-state index contributed by atoms with van der Waals surface area (Å²) < 4.78 is 5.95. The van der Waals surface area contributed by atoms with Gasteiger partial charge >= 0.3 is 0 Å². The fourth-order valence-electron chi connectivity index (χ4n) is 4.13. The topological polar surface area (TPSA) is 58.6 Å². The van der Waals surface area contributed by atoms with Crippen LogP contribution in [-0.4, -0.2) is 48.6 Å². The van der Waals surface area contributed by atoms with E-state index in [2.05, 4.69) is 5.32 Å². The monoisotopic (exact) mass is 308 g/mol. The van der Waals surface area contributed by atoms with Gasteiger partial charge in [0.25, 0.3) is 0 Å². The molecule has 3 rings (SSSR count). The van der Waals surface area contributed by atoms with Crippen LogP contribution in [0.1, 0.15) is 57.8 Å². The van der Waals surface area contributed by atoms with Gasteiger partial charge in [-0.2, -0.15) is 0 Å². The van der Waals surface area contributed by atoms with Crippen LogP contribution in [0, 0.1) is 5.92 Å². The van der Waals surface area contributed by atoms with Crippen molar-refractivity contribution < 1.29 is 14.3 Å². The molecule has 0 bridgehead atoms. The summed E-state index contributed by atoms with van der Waals surface area (Å²) in [6.07, 6.45) is 9.05. The fraction of sp³-hybridized carbons (Fsp3) is 0.882. The lowest BCUT2D eigenvalue weighted by Crippen LogP contribution is -2.49. The van der Waals surface area contributed by atoms with E-state index >= 15 is 0 Å². The fourth-order valence-corrected chi connectivity index (χ4v) is 4.13. The lowest BCUT2D eigenvalue weighted by molar-refractivity contribution is -0.140. The van der Waals surface area contributed by atoms with Crippen LogP contribution in [0.4, 0.5) is 0 Å². The Morgan fingerprint density at radius 2 is 2.00 bits per heavy atom. The number of rotatable bonds is 3. The zero-order chi connectivity index (χ0) is 15.4. The Bertz CT molecular complexity index is 410. The van der Waals surface area contributed by atoms with Crippen LogP contribution in [0.5, 0.6) is 0 Å². The maximum Gasteiger partial charge on any atom is 0.222 e. The minimum absolute atomic E-state index is 0.0820. The van der Waals surface area contributed by atoms with Gasteiger partial charge in [0.1, 0.15) is 0 Å². The van der Waals surface area contributed by atoms with Gasteiger partial charge in [-0.05, 0) is 25.2 Å². The summed E-state index contributed by atoms with van der Waals surface area (Å²) in [6.45, 7) is 2.65. The zero-order valence-electron chi connectivity index (χ0n) is 13.4. The summed E-state index contributed by atoms with van der Waals surface area (Å²) in [5.74, 6) is 1.15. The Morgan fingerprint density at radius 3 is 2.73 bits per heavy atom. The molecule has 2 aliphatic heterocycles. The average Bonchev–Trinajstić information content (AvgIpc) is 2.97. The summed E-state index contributed by atoms with van der Waals surface area (Å²) in [6, 6.07) is 0. The molecule has 1 spiro atoms. The number of hydrogen-bond donors (Lipinski definition) is 1. The first kappa shape index (κ1) is 15.8. The molecule has 1 aliphatic carbocycles. The van der Waals surface area contributed by atoms with Crippen molar-refractivity contribution in [2.24, 2.45) is 5.92 Å². The first-order valence-electron chi connectivity index (χ1n) is 8.85. The standard InChI is InChI=1S/C17H28N2O3/c20-15-13-17(22-12-9-18-15)7-10-19(11-8-17)16(21)6-5-14-3-1-2-4-14/h14H,1-13H2,(H,18,20). The van der Waals surface area contributed by atoms with Gasteiger partial charge in [0.2, 0.25) is 11.8 Å². The van der Waals surface area contributed by atoms with E-state index in [4.69, 9.17) is 4.74 Å². The van der Waals surface area contributed by atoms with Crippen LogP contribution >= 0.6 is 0 Å². The second-order valence-electron chi connectivity index (χ2n) is 7.13. The third-order valence-electron chi connectivity index (χ3n) is 5.58. The van der Waals surface area contributed by atoms with E-state index in [1.54, 1.807) is 0 Å². The molecule has 0 unspecified atom stereocenters. The van der Waals surface area contributed by atoms with Crippen molar-refractivity contribution in [2.75, 3.05) is 26.2 Å². The molecule has 1 saturated carbocycles. The molecule has 22 heavy (non-hydrogen) atoms. The predicted molar refractivity (Wildman–Crippen MR) is 83.3 cm³/mol. The lowest BCUT2D eigenvalue weighted by atomic mass is 9.87. The molecule has 0 aromatic heterocycles. The highest BCUT2D eigenvalue weighted by Crippen LogP contribution is 2.32. The van der Waals surface area contributed by atoms with Crippen molar-refractivity contribution in [3.63, 3.8) is 0 Å². The molecule has 124 valence electrons. The highest BCUT2D eigenvalue weighted by atomic mass is 16.5. The van der Waals surface area contributed by atoms with Crippen LogP contribution in [-0.2, 0) is 14.3 Å². The highest BCUT2D eigenvalue weighted by Gasteiger charge is 2.39. The van der Waals surface area contributed by atoms with E-state index in [9.17, 15) is 9.59 Å². The van der Waals surface area contributed by atoms with Gasteiger partial charge in [-0.15, -0.1) is 0 Å². The number of likely N-dealkylation sites (tertiary alicyclic amines) is 1. The van der Waals surface area contributed by atoms with E-state index in [-0.39, 0.29) is 11.5 Å². The molecule has 3 fully saturated rings. The van der Waals surface area contributed by atoms with Crippen molar-refractivity contribution >= 4 is 11.8 Å². The quantitative estimate of drug-likeness (QED) is 0.865. The minimum atomic E-state index is -0.331. The first-order valence-corrected chi connectivity index (χ1v) is 8.85. The Labute approximate surface area is 132 Å². The minimum Gasteiger partial charge on any atom is -0.372 e. The number of ether oxygens (including phenoxy) is 1. The third kappa shape index (κ3) is 3.80. The number of piperidine rings is 1. The number of hydrogen-bond acceptors (Lipinski definition) is 3. The Balaban J connectivity index is 1.46. The summed E-state index contributed by atoms with van der Waals surface area (Å²) in [5, 5.41) is 2.86. The average molecular weight is 308 g/mol. The molecule has 5 nitrogen and oxygen atoms in total. The van der Waals surface area contributed by atoms with E-state index in [1.807, 2.05) is 4.90 Å². The zero-order valence-corrected chi connectivity index (χ0v) is 13.4. The van der Waals surface area contributed by atoms with E-state index in [0.717, 1.165) is 38.3 Å². The van der Waals surface area contributed by atoms with Gasteiger partial charge in [-0.1, -0.05) is 25.7 Å². The molecule has 5 heteroatoms. The van der Waals surface area contributed by atoms with Crippen LogP contribution in [0.3, 0.4) is 0 Å². The van der Waals surface area contributed by atoms with E-state index < -0.39 is 0 Å². The van der Waals surface area contributed by atoms with Gasteiger partial charge in [0.05, 0.1) is 18.6 Å². The van der Waals surface area contributed by atoms with Gasteiger partial charge in [0, 0.05) is 26.1 Å². The van der Waals surface area contributed by atoms with Gasteiger partial charge in [-0.25, -0.2) is 0 Å². The maximum atomic E-state index is 12.4. The van der Waals surface area contributed by atoms with Gasteiger partial charge in [0.15, 0.2) is 0 Å². The van der Waals surface area contributed by atoms with E-state index in [1.165, 1.54) is 25.7 Å². The highest BCUT2D eigenvalue weighted by molar-refractivity contribution is 5.78. The largest absolute Gasteiger partial charge is 0.372 e. The second kappa shape index (κ2) is 6.99. The number of amides is 2. The molecule has 2 saturated heterocycles. The normalized spacial score (nSPS) is 26.0. The SMILES string of the molecule is O=C1CC2(CCN(C(=O)CCC3CCCC3)CC2)OCCN1. The van der Waals surface area contributed by atoms with Crippen molar-refractivity contribution in [1.82, 2.24) is 10.2 Å². The predicted octanol–water partition coefficient (Wildman–Crippen LogP) is 1.85. The van der Waals surface area contributed by atoms with Crippen molar-refractivity contribution in [3.05, 3.63) is 0 Å². The van der Waals surface area contributed by atoms with Crippen LogP contribution < -0.4 is 5.32 Å². The number of nitrogens with zero attached hydrogens (tertiary/aromatic N) is 1. The first-order chi connectivity index (χ1) is 10.7. The molecule has 3 aliphatic rings. The van der Waals surface area contributed by atoms with Gasteiger partial charge in [-0.3, -0.25) is 9.59 Å². The van der Waals surface area contributed by atoms with Crippen molar-refractivity contribution in [3.8, 4) is 0 Å². The second-order valence-corrected chi connectivity index (χ2v) is 7.13. The molecular weight excluding hydrogens is 280 g/mol. The number of carbonyl (C=O) groups is 2. The van der Waals surface area contributed by atoms with E-state index in [0.29, 0.717) is 31.9 Å². The lowest BCUT2D eigenvalue weighted by Gasteiger charge is -2.40. The molecular formula is C17H28N2O3. The number of carbonyl (C=O) groups excluding carboxylic acids is 2. The molecule has 0 aromatic carbocycles. The smallest absolute Gasteiger partial charge is 0.222 e. The molecule has 2 amide bonds.